The second-order valence-electron chi connectivity index (χ2n) is 5.59. The fourth-order valence-electron chi connectivity index (χ4n) is 2.76. The lowest BCUT2D eigenvalue weighted by atomic mass is 10.1. The lowest BCUT2D eigenvalue weighted by Crippen LogP contribution is -2.14. The fourth-order valence-corrected chi connectivity index (χ4v) is 3.28. The Balaban J connectivity index is 1.50. The normalized spacial score (nSPS) is 12.4. The van der Waals surface area contributed by atoms with E-state index in [-0.39, 0.29) is 19.1 Å². The van der Waals surface area contributed by atoms with Gasteiger partial charge in [0.15, 0.2) is 11.5 Å². The predicted octanol–water partition coefficient (Wildman–Crippen LogP) is 4.51. The number of amides is 1. The van der Waals surface area contributed by atoms with E-state index in [4.69, 9.17) is 9.47 Å². The molecule has 1 N–H and O–H groups in total. The van der Waals surface area contributed by atoms with Crippen molar-refractivity contribution in [3.63, 3.8) is 0 Å². The van der Waals surface area contributed by atoms with Gasteiger partial charge >= 0.3 is 0 Å². The van der Waals surface area contributed by atoms with Crippen LogP contribution in [0.1, 0.15) is 5.56 Å². The van der Waals surface area contributed by atoms with Gasteiger partial charge in [0.1, 0.15) is 0 Å². The van der Waals surface area contributed by atoms with Crippen LogP contribution in [0.25, 0.3) is 10.8 Å². The molecule has 0 aromatic heterocycles. The van der Waals surface area contributed by atoms with Gasteiger partial charge in [0.05, 0.1) is 6.42 Å². The Morgan fingerprint density at radius 1 is 1.04 bits per heavy atom. The minimum atomic E-state index is -0.0665. The van der Waals surface area contributed by atoms with Gasteiger partial charge in [-0.3, -0.25) is 4.79 Å². The van der Waals surface area contributed by atoms with Crippen LogP contribution in [0, 0.1) is 0 Å². The summed E-state index contributed by atoms with van der Waals surface area (Å²) in [6, 6.07) is 17.4. The lowest BCUT2D eigenvalue weighted by Gasteiger charge is -2.08. The van der Waals surface area contributed by atoms with Gasteiger partial charge in [0, 0.05) is 10.2 Å². The number of anilines is 1. The van der Waals surface area contributed by atoms with E-state index in [1.165, 1.54) is 0 Å². The molecule has 0 bridgehead atoms. The number of benzene rings is 3. The fraction of sp³-hybridized carbons (Fsp3) is 0.105. The van der Waals surface area contributed by atoms with Gasteiger partial charge in [0.25, 0.3) is 0 Å². The second kappa shape index (κ2) is 6.17. The highest BCUT2D eigenvalue weighted by atomic mass is 79.9. The Morgan fingerprint density at radius 3 is 2.83 bits per heavy atom. The highest BCUT2D eigenvalue weighted by Crippen LogP contribution is 2.32. The van der Waals surface area contributed by atoms with Gasteiger partial charge in [-0.2, -0.15) is 0 Å². The summed E-state index contributed by atoms with van der Waals surface area (Å²) in [6.45, 7) is 0.234. The largest absolute Gasteiger partial charge is 0.454 e. The van der Waals surface area contributed by atoms with E-state index < -0.39 is 0 Å². The van der Waals surface area contributed by atoms with Crippen molar-refractivity contribution in [1.82, 2.24) is 0 Å². The Bertz CT molecular complexity index is 939. The van der Waals surface area contributed by atoms with Crippen LogP contribution in [0.5, 0.6) is 11.5 Å². The summed E-state index contributed by atoms with van der Waals surface area (Å²) in [7, 11) is 0. The zero-order chi connectivity index (χ0) is 16.5. The van der Waals surface area contributed by atoms with Crippen LogP contribution in [0.3, 0.4) is 0 Å². The van der Waals surface area contributed by atoms with Crippen LogP contribution < -0.4 is 14.8 Å². The molecule has 0 saturated heterocycles. The molecule has 120 valence electrons. The summed E-state index contributed by atoms with van der Waals surface area (Å²) in [5.41, 5.74) is 1.67. The average molecular weight is 384 g/mol. The predicted molar refractivity (Wildman–Crippen MR) is 96.5 cm³/mol. The first-order valence-electron chi connectivity index (χ1n) is 7.56. The average Bonchev–Trinajstić information content (AvgIpc) is 3.02. The summed E-state index contributed by atoms with van der Waals surface area (Å²) >= 11 is 3.53. The lowest BCUT2D eigenvalue weighted by molar-refractivity contribution is -0.115. The molecule has 1 heterocycles. The maximum atomic E-state index is 12.3. The molecule has 4 rings (SSSR count). The van der Waals surface area contributed by atoms with Crippen molar-refractivity contribution < 1.29 is 14.3 Å². The van der Waals surface area contributed by atoms with E-state index in [0.29, 0.717) is 5.75 Å². The summed E-state index contributed by atoms with van der Waals surface area (Å²) < 4.78 is 11.7. The highest BCUT2D eigenvalue weighted by molar-refractivity contribution is 9.10. The first kappa shape index (κ1) is 15.0. The van der Waals surface area contributed by atoms with Gasteiger partial charge in [-0.25, -0.2) is 0 Å². The molecule has 1 aliphatic heterocycles. The molecule has 4 nitrogen and oxygen atoms in total. The number of halogens is 1. The van der Waals surface area contributed by atoms with E-state index in [0.717, 1.165) is 32.2 Å². The van der Waals surface area contributed by atoms with Crippen molar-refractivity contribution in [1.29, 1.82) is 0 Å². The summed E-state index contributed by atoms with van der Waals surface area (Å²) in [5.74, 6) is 1.35. The van der Waals surface area contributed by atoms with Crippen molar-refractivity contribution in [3.05, 3.63) is 64.6 Å². The molecule has 1 aliphatic rings. The smallest absolute Gasteiger partial charge is 0.231 e. The number of hydrogen-bond acceptors (Lipinski definition) is 3. The molecular weight excluding hydrogens is 370 g/mol. The number of ether oxygens (including phenoxy) is 2. The van der Waals surface area contributed by atoms with Crippen molar-refractivity contribution in [2.24, 2.45) is 0 Å². The summed E-state index contributed by atoms with van der Waals surface area (Å²) in [6.07, 6.45) is 0.285. The third-order valence-corrected chi connectivity index (χ3v) is 4.60. The minimum Gasteiger partial charge on any atom is -0.454 e. The molecule has 0 unspecified atom stereocenters. The van der Waals surface area contributed by atoms with Crippen molar-refractivity contribution in [2.45, 2.75) is 6.42 Å². The number of fused-ring (bicyclic) bond motifs is 2. The van der Waals surface area contributed by atoms with Crippen LogP contribution in [0.2, 0.25) is 0 Å². The Labute approximate surface area is 147 Å². The van der Waals surface area contributed by atoms with E-state index in [1.54, 1.807) is 0 Å². The third-order valence-electron chi connectivity index (χ3n) is 3.91. The van der Waals surface area contributed by atoms with E-state index in [1.807, 2.05) is 54.6 Å². The topological polar surface area (TPSA) is 47.6 Å². The monoisotopic (exact) mass is 383 g/mol. The van der Waals surface area contributed by atoms with Crippen LogP contribution in [0.4, 0.5) is 5.69 Å². The van der Waals surface area contributed by atoms with Gasteiger partial charge in [0.2, 0.25) is 12.7 Å². The first-order chi connectivity index (χ1) is 11.7. The second-order valence-corrected chi connectivity index (χ2v) is 6.44. The van der Waals surface area contributed by atoms with E-state index in [2.05, 4.69) is 21.2 Å². The van der Waals surface area contributed by atoms with Gasteiger partial charge < -0.3 is 14.8 Å². The number of rotatable bonds is 3. The number of carbonyl (C=O) groups is 1. The van der Waals surface area contributed by atoms with Gasteiger partial charge in [-0.1, -0.05) is 40.2 Å². The minimum absolute atomic E-state index is 0.0665. The SMILES string of the molecule is O=C(Cc1ccc2c(c1)OCO2)Nc1ccc2c(Br)cccc2c1. The van der Waals surface area contributed by atoms with Gasteiger partial charge in [-0.15, -0.1) is 0 Å². The summed E-state index contributed by atoms with van der Waals surface area (Å²) in [5, 5.41) is 5.13. The third kappa shape index (κ3) is 2.95. The standard InChI is InChI=1S/C19H14BrNO3/c20-16-3-1-2-13-10-14(5-6-15(13)16)21-19(22)9-12-4-7-17-18(8-12)24-11-23-17/h1-8,10H,9,11H2,(H,21,22). The molecular formula is C19H14BrNO3. The van der Waals surface area contributed by atoms with Crippen LogP contribution in [-0.4, -0.2) is 12.7 Å². The van der Waals surface area contributed by atoms with Crippen LogP contribution >= 0.6 is 15.9 Å². The van der Waals surface area contributed by atoms with Crippen LogP contribution in [-0.2, 0) is 11.2 Å². The molecule has 0 saturated carbocycles. The van der Waals surface area contributed by atoms with E-state index >= 15 is 0 Å². The molecule has 3 aromatic rings. The molecule has 0 aliphatic carbocycles. The first-order valence-corrected chi connectivity index (χ1v) is 8.35. The maximum absolute atomic E-state index is 12.3. The number of hydrogen-bond donors (Lipinski definition) is 1. The number of carbonyl (C=O) groups excluding carboxylic acids is 1. The van der Waals surface area contributed by atoms with Crippen molar-refractivity contribution >= 4 is 38.3 Å². The molecule has 5 heteroatoms. The molecule has 0 atom stereocenters. The number of nitrogens with one attached hydrogen (secondary N) is 1. The van der Waals surface area contributed by atoms with Crippen LogP contribution in [0.15, 0.2) is 59.1 Å². The Kier molecular flexibility index (Phi) is 3.86. The zero-order valence-electron chi connectivity index (χ0n) is 12.7. The quantitative estimate of drug-likeness (QED) is 0.723. The molecule has 1 amide bonds. The highest BCUT2D eigenvalue weighted by Gasteiger charge is 2.14. The van der Waals surface area contributed by atoms with Gasteiger partial charge in [-0.05, 0) is 46.7 Å². The van der Waals surface area contributed by atoms with Crippen molar-refractivity contribution in [2.75, 3.05) is 12.1 Å². The van der Waals surface area contributed by atoms with E-state index in [9.17, 15) is 4.79 Å². The Hall–Kier alpha value is -2.53. The molecule has 0 spiro atoms. The molecule has 3 aromatic carbocycles. The van der Waals surface area contributed by atoms with Crippen molar-refractivity contribution in [3.8, 4) is 11.5 Å². The zero-order valence-corrected chi connectivity index (χ0v) is 14.3. The Morgan fingerprint density at radius 2 is 1.92 bits per heavy atom. The summed E-state index contributed by atoms with van der Waals surface area (Å²) in [4.78, 5) is 12.3. The maximum Gasteiger partial charge on any atom is 0.231 e. The molecule has 0 fully saturated rings. The molecule has 0 radical (unpaired) electrons. The molecule has 24 heavy (non-hydrogen) atoms.